The van der Waals surface area contributed by atoms with Gasteiger partial charge >= 0.3 is 78.5 Å². The molecule has 0 unspecified atom stereocenters. The topological polar surface area (TPSA) is 9.23 Å². The number of rotatable bonds is 2. The maximum absolute atomic E-state index is 12.9. The van der Waals surface area contributed by atoms with Gasteiger partial charge in [0.25, 0.3) is 0 Å². The van der Waals surface area contributed by atoms with Crippen LogP contribution in [-0.2, 0) is 0 Å². The van der Waals surface area contributed by atoms with Gasteiger partial charge in [-0.05, 0) is 0 Å². The van der Waals surface area contributed by atoms with Crippen LogP contribution in [0.25, 0.3) is 0 Å². The van der Waals surface area contributed by atoms with E-state index in [1.807, 2.05) is 0 Å². The molecule has 0 N–H and O–H groups in total. The Morgan fingerprint density at radius 2 is 2.00 bits per heavy atom. The van der Waals surface area contributed by atoms with Gasteiger partial charge in [-0.3, -0.25) is 0 Å². The average Bonchev–Trinajstić information content (AvgIpc) is 2.07. The minimum atomic E-state index is -0.906. The number of halogens is 2. The van der Waals surface area contributed by atoms with Crippen LogP contribution in [0.15, 0.2) is 12.1 Å². The fraction of sp³-hybridized carbons (Fsp3) is 0.250. The zero-order valence-electron chi connectivity index (χ0n) is 7.03. The van der Waals surface area contributed by atoms with Crippen LogP contribution in [0.3, 0.4) is 0 Å². The van der Waals surface area contributed by atoms with E-state index in [0.29, 0.717) is 6.61 Å². The van der Waals surface area contributed by atoms with Gasteiger partial charge in [0.05, 0.1) is 0 Å². The van der Waals surface area contributed by atoms with Gasteiger partial charge in [0.2, 0.25) is 0 Å². The van der Waals surface area contributed by atoms with Crippen molar-refractivity contribution >= 4 is 22.0 Å². The zero-order chi connectivity index (χ0) is 9.14. The molecule has 0 spiro atoms. The van der Waals surface area contributed by atoms with Crippen LogP contribution in [0.2, 0.25) is 0 Å². The third kappa shape index (κ3) is 1.80. The van der Waals surface area contributed by atoms with E-state index in [4.69, 9.17) is 4.74 Å². The molecule has 60 valence electrons. The Balaban J connectivity index is 3.08. The van der Waals surface area contributed by atoms with Crippen LogP contribution >= 0.6 is 0 Å². The van der Waals surface area contributed by atoms with E-state index in [2.05, 4.69) is 0 Å². The summed E-state index contributed by atoms with van der Waals surface area (Å²) in [5.41, 5.74) is 0. The van der Waals surface area contributed by atoms with Gasteiger partial charge in [-0.15, -0.1) is 0 Å². The summed E-state index contributed by atoms with van der Waals surface area (Å²) in [6, 6.07) is 2.92. The number of hydrogen-bond acceptors (Lipinski definition) is 1. The summed E-state index contributed by atoms with van der Waals surface area (Å²) in [4.78, 5) is 0. The Kier molecular flexibility index (Phi) is 3.13. The molecular weight excluding hydrogens is 157 g/mol. The third-order valence-electron chi connectivity index (χ3n) is 1.54. The molecule has 0 saturated carbocycles. The van der Waals surface area contributed by atoms with E-state index >= 15 is 0 Å². The molecule has 1 rings (SSSR count). The first-order valence-corrected chi connectivity index (χ1v) is 3.74. The molecule has 0 aliphatic heterocycles. The van der Waals surface area contributed by atoms with Gasteiger partial charge in [0.15, 0.2) is 0 Å². The summed E-state index contributed by atoms with van der Waals surface area (Å²) >= 11 is 1.51. The molecule has 0 atom stereocenters. The molecule has 0 aromatic heterocycles. The molecule has 0 aliphatic carbocycles. The van der Waals surface area contributed by atoms with Gasteiger partial charge < -0.3 is 0 Å². The van der Waals surface area contributed by atoms with Crippen molar-refractivity contribution in [3.8, 4) is 5.75 Å². The van der Waals surface area contributed by atoms with Crippen molar-refractivity contribution in [2.75, 3.05) is 6.61 Å². The van der Waals surface area contributed by atoms with E-state index in [9.17, 15) is 8.78 Å². The molecule has 0 bridgehead atoms. The van der Waals surface area contributed by atoms with E-state index in [1.54, 1.807) is 6.92 Å². The molecule has 1 aromatic carbocycles. The van der Waals surface area contributed by atoms with Gasteiger partial charge in [-0.25, -0.2) is 0 Å². The van der Waals surface area contributed by atoms with Crippen LogP contribution < -0.4 is 8.97 Å². The molecule has 12 heavy (non-hydrogen) atoms. The van der Waals surface area contributed by atoms with Crippen molar-refractivity contribution in [1.29, 1.82) is 0 Å². The van der Waals surface area contributed by atoms with Gasteiger partial charge in [0.1, 0.15) is 0 Å². The SMILES string of the molecule is [Li][c]1ccc(OCC)c(F)c1F. The van der Waals surface area contributed by atoms with Crippen LogP contribution in [0.5, 0.6) is 5.75 Å². The van der Waals surface area contributed by atoms with Crippen molar-refractivity contribution in [3.05, 3.63) is 23.8 Å². The second-order valence-electron chi connectivity index (χ2n) is 2.44. The fourth-order valence-electron chi connectivity index (χ4n) is 0.895. The van der Waals surface area contributed by atoms with Crippen molar-refractivity contribution in [2.24, 2.45) is 0 Å². The predicted octanol–water partition coefficient (Wildman–Crippen LogP) is 1.16. The second-order valence-corrected chi connectivity index (χ2v) is 2.44. The standard InChI is InChI=1S/C8H7F2O.Li/c1-2-11-7-5-3-4-6(9)8(7)10;/h3,5H,2H2,1H3;. The first-order chi connectivity index (χ1) is 5.66. The molecule has 0 fully saturated rings. The molecule has 0 radical (unpaired) electrons. The van der Waals surface area contributed by atoms with Crippen molar-refractivity contribution in [1.82, 2.24) is 0 Å². The van der Waals surface area contributed by atoms with Gasteiger partial charge in [0, 0.05) is 0 Å². The van der Waals surface area contributed by atoms with Crippen LogP contribution in [0.4, 0.5) is 8.78 Å². The monoisotopic (exact) mass is 164 g/mol. The summed E-state index contributed by atoms with van der Waals surface area (Å²) in [5.74, 6) is -1.77. The molecule has 0 heterocycles. The van der Waals surface area contributed by atoms with Crippen LogP contribution in [0.1, 0.15) is 6.92 Å². The minimum absolute atomic E-state index is 0.0272. The van der Waals surface area contributed by atoms with Crippen molar-refractivity contribution < 1.29 is 13.5 Å². The molecular formula is C8H7F2LiO. The van der Waals surface area contributed by atoms with Crippen molar-refractivity contribution in [2.45, 2.75) is 6.92 Å². The number of hydrogen-bond donors (Lipinski definition) is 0. The number of benzene rings is 1. The van der Waals surface area contributed by atoms with Crippen LogP contribution in [-0.4, -0.2) is 24.3 Å². The summed E-state index contributed by atoms with van der Waals surface area (Å²) in [7, 11) is 0. The second kappa shape index (κ2) is 3.93. The van der Waals surface area contributed by atoms with Crippen molar-refractivity contribution in [3.63, 3.8) is 0 Å². The summed E-state index contributed by atoms with van der Waals surface area (Å²) in [6.45, 7) is 2.05. The molecule has 4 heteroatoms. The Bertz CT molecular complexity index is 289. The van der Waals surface area contributed by atoms with E-state index in [1.165, 1.54) is 29.8 Å². The Morgan fingerprint density at radius 1 is 1.33 bits per heavy atom. The summed E-state index contributed by atoms with van der Waals surface area (Å²) in [5, 5.41) is 0. The first kappa shape index (κ1) is 9.56. The normalized spacial score (nSPS) is 10.1. The van der Waals surface area contributed by atoms with Gasteiger partial charge in [-0.2, -0.15) is 0 Å². The third-order valence-corrected chi connectivity index (χ3v) is 1.54. The number of ether oxygens (including phenoxy) is 1. The average molecular weight is 164 g/mol. The zero-order valence-corrected chi connectivity index (χ0v) is 7.03. The summed E-state index contributed by atoms with van der Waals surface area (Å²) in [6.07, 6.45) is 0. The molecule has 1 nitrogen and oxygen atoms in total. The van der Waals surface area contributed by atoms with Gasteiger partial charge in [-0.1, -0.05) is 0 Å². The van der Waals surface area contributed by atoms with E-state index in [-0.39, 0.29) is 9.99 Å². The molecule has 1 aromatic rings. The summed E-state index contributed by atoms with van der Waals surface area (Å²) < 4.78 is 31.0. The van der Waals surface area contributed by atoms with E-state index < -0.39 is 11.6 Å². The molecule has 0 aliphatic rings. The Morgan fingerprint density at radius 3 is 2.58 bits per heavy atom. The predicted molar refractivity (Wildman–Crippen MR) is 42.9 cm³/mol. The van der Waals surface area contributed by atoms with Crippen LogP contribution in [0, 0.1) is 11.6 Å². The quantitative estimate of drug-likeness (QED) is 0.596. The fourth-order valence-corrected chi connectivity index (χ4v) is 0.895. The van der Waals surface area contributed by atoms with E-state index in [0.717, 1.165) is 0 Å². The maximum atomic E-state index is 12.9. The molecule has 0 saturated heterocycles. The Hall–Kier alpha value is -0.523. The molecule has 0 amide bonds. The first-order valence-electron chi connectivity index (χ1n) is 3.74. The Labute approximate surface area is 78.9 Å².